The van der Waals surface area contributed by atoms with Crippen LogP contribution in [-0.2, 0) is 0 Å². The monoisotopic (exact) mass is 244 g/mol. The predicted octanol–water partition coefficient (Wildman–Crippen LogP) is 2.40. The molecule has 3 N–H and O–H groups in total. The molecule has 0 heterocycles. The van der Waals surface area contributed by atoms with E-state index in [1.807, 2.05) is 0 Å². The summed E-state index contributed by atoms with van der Waals surface area (Å²) < 4.78 is 0. The van der Waals surface area contributed by atoms with Gasteiger partial charge in [0.15, 0.2) is 0 Å². The lowest BCUT2D eigenvalue weighted by Crippen LogP contribution is -2.24. The Bertz CT molecular complexity index is 404. The first-order chi connectivity index (χ1) is 7.00. The average molecular weight is 245 g/mol. The van der Waals surface area contributed by atoms with Gasteiger partial charge in [-0.15, -0.1) is 0 Å². The molecule has 0 fully saturated rings. The third-order valence-corrected chi connectivity index (χ3v) is 2.12. The van der Waals surface area contributed by atoms with E-state index in [9.17, 15) is 4.79 Å². The van der Waals surface area contributed by atoms with Crippen molar-refractivity contribution in [2.24, 2.45) is 0 Å². The molecule has 0 aliphatic rings. The minimum absolute atomic E-state index is 0.209. The Hall–Kier alpha value is -1.19. The largest absolute Gasteiger partial charge is 0.399 e. The second-order valence-corrected chi connectivity index (χ2v) is 3.88. The lowest BCUT2D eigenvalue weighted by molar-refractivity contribution is 0.0958. The molecular weight excluding hydrogens is 235 g/mol. The van der Waals surface area contributed by atoms with Crippen LogP contribution < -0.4 is 11.1 Å². The molecule has 0 aliphatic heterocycles. The maximum atomic E-state index is 11.5. The quantitative estimate of drug-likeness (QED) is 0.803. The number of rotatable bonds is 3. The molecule has 0 saturated carbocycles. The van der Waals surface area contributed by atoms with Crippen LogP contribution >= 0.6 is 23.2 Å². The van der Waals surface area contributed by atoms with Gasteiger partial charge in [0.05, 0.1) is 17.1 Å². The molecule has 0 unspecified atom stereocenters. The van der Waals surface area contributed by atoms with Gasteiger partial charge in [-0.1, -0.05) is 29.8 Å². The average Bonchev–Trinajstić information content (AvgIpc) is 2.14. The van der Waals surface area contributed by atoms with Gasteiger partial charge in [-0.25, -0.2) is 0 Å². The van der Waals surface area contributed by atoms with E-state index in [2.05, 4.69) is 11.9 Å². The van der Waals surface area contributed by atoms with Gasteiger partial charge in [-0.05, 0) is 18.2 Å². The van der Waals surface area contributed by atoms with Gasteiger partial charge < -0.3 is 11.1 Å². The van der Waals surface area contributed by atoms with Crippen LogP contribution in [0.3, 0.4) is 0 Å². The molecule has 0 radical (unpaired) electrons. The van der Waals surface area contributed by atoms with Crippen LogP contribution in [0, 0.1) is 0 Å². The molecule has 0 saturated heterocycles. The first-order valence-corrected chi connectivity index (χ1v) is 4.93. The summed E-state index contributed by atoms with van der Waals surface area (Å²) in [6.07, 6.45) is 0. The van der Waals surface area contributed by atoms with E-state index in [0.717, 1.165) is 0 Å². The van der Waals surface area contributed by atoms with Crippen molar-refractivity contribution < 1.29 is 4.79 Å². The van der Waals surface area contributed by atoms with E-state index in [-0.39, 0.29) is 12.5 Å². The summed E-state index contributed by atoms with van der Waals surface area (Å²) >= 11 is 11.4. The van der Waals surface area contributed by atoms with E-state index in [1.165, 1.54) is 6.07 Å². The second-order valence-electron chi connectivity index (χ2n) is 2.94. The highest BCUT2D eigenvalue weighted by Crippen LogP contribution is 2.18. The van der Waals surface area contributed by atoms with Gasteiger partial charge in [0, 0.05) is 10.7 Å². The van der Waals surface area contributed by atoms with E-state index in [0.29, 0.717) is 21.3 Å². The fraction of sp³-hybridized carbons (Fsp3) is 0.100. The molecule has 0 bridgehead atoms. The molecule has 0 atom stereocenters. The number of amides is 1. The SMILES string of the molecule is C=C(Cl)CNC(=O)c1ccc(N)cc1Cl. The number of halogens is 2. The maximum absolute atomic E-state index is 11.5. The number of anilines is 1. The first kappa shape index (κ1) is 11.9. The number of benzene rings is 1. The molecule has 15 heavy (non-hydrogen) atoms. The van der Waals surface area contributed by atoms with Gasteiger partial charge >= 0.3 is 0 Å². The molecule has 1 amide bonds. The van der Waals surface area contributed by atoms with Gasteiger partial charge in [0.2, 0.25) is 0 Å². The lowest BCUT2D eigenvalue weighted by Gasteiger charge is -2.06. The van der Waals surface area contributed by atoms with Crippen molar-refractivity contribution in [3.63, 3.8) is 0 Å². The smallest absolute Gasteiger partial charge is 0.253 e. The van der Waals surface area contributed by atoms with Crippen LogP contribution in [0.2, 0.25) is 5.02 Å². The highest BCUT2D eigenvalue weighted by Gasteiger charge is 2.09. The van der Waals surface area contributed by atoms with Gasteiger partial charge in [0.25, 0.3) is 5.91 Å². The van der Waals surface area contributed by atoms with Crippen LogP contribution in [0.15, 0.2) is 29.8 Å². The molecule has 5 heteroatoms. The Morgan fingerprint density at radius 1 is 1.53 bits per heavy atom. The van der Waals surface area contributed by atoms with Crippen molar-refractivity contribution in [2.45, 2.75) is 0 Å². The Balaban J connectivity index is 2.78. The molecule has 80 valence electrons. The third kappa shape index (κ3) is 3.46. The molecule has 1 aromatic carbocycles. The Kier molecular flexibility index (Phi) is 4.00. The van der Waals surface area contributed by atoms with Crippen LogP contribution in [0.1, 0.15) is 10.4 Å². The lowest BCUT2D eigenvalue weighted by atomic mass is 10.2. The molecule has 0 spiro atoms. The highest BCUT2D eigenvalue weighted by molar-refractivity contribution is 6.34. The van der Waals surface area contributed by atoms with Crippen molar-refractivity contribution >= 4 is 34.8 Å². The van der Waals surface area contributed by atoms with E-state index < -0.39 is 0 Å². The van der Waals surface area contributed by atoms with Crippen molar-refractivity contribution in [3.8, 4) is 0 Å². The fourth-order valence-electron chi connectivity index (χ4n) is 0.987. The fourth-order valence-corrected chi connectivity index (χ4v) is 1.33. The standard InChI is InChI=1S/C10H10Cl2N2O/c1-6(11)5-14-10(15)8-3-2-7(13)4-9(8)12/h2-4H,1,5,13H2,(H,14,15). The van der Waals surface area contributed by atoms with Crippen molar-refractivity contribution in [3.05, 3.63) is 40.4 Å². The number of carbonyl (C=O) groups is 1. The maximum Gasteiger partial charge on any atom is 0.253 e. The van der Waals surface area contributed by atoms with Gasteiger partial charge in [-0.3, -0.25) is 4.79 Å². The zero-order valence-corrected chi connectivity index (χ0v) is 9.40. The summed E-state index contributed by atoms with van der Waals surface area (Å²) in [7, 11) is 0. The molecule has 0 aliphatic carbocycles. The topological polar surface area (TPSA) is 55.1 Å². The minimum atomic E-state index is -0.304. The van der Waals surface area contributed by atoms with E-state index >= 15 is 0 Å². The van der Waals surface area contributed by atoms with Gasteiger partial charge in [-0.2, -0.15) is 0 Å². The number of carbonyl (C=O) groups excluding carboxylic acids is 1. The molecule has 1 rings (SSSR count). The third-order valence-electron chi connectivity index (χ3n) is 1.68. The minimum Gasteiger partial charge on any atom is -0.399 e. The Morgan fingerprint density at radius 2 is 2.20 bits per heavy atom. The van der Waals surface area contributed by atoms with E-state index in [4.69, 9.17) is 28.9 Å². The van der Waals surface area contributed by atoms with E-state index in [1.54, 1.807) is 12.1 Å². The summed E-state index contributed by atoms with van der Waals surface area (Å²) in [6.45, 7) is 3.66. The van der Waals surface area contributed by atoms with Gasteiger partial charge in [0.1, 0.15) is 0 Å². The van der Waals surface area contributed by atoms with Crippen LogP contribution in [0.5, 0.6) is 0 Å². The summed E-state index contributed by atoms with van der Waals surface area (Å²) in [5.41, 5.74) is 6.38. The summed E-state index contributed by atoms with van der Waals surface area (Å²) in [5.74, 6) is -0.304. The van der Waals surface area contributed by atoms with Crippen LogP contribution in [0.25, 0.3) is 0 Å². The second kappa shape index (κ2) is 5.05. The van der Waals surface area contributed by atoms with Crippen molar-refractivity contribution in [2.75, 3.05) is 12.3 Å². The Labute approximate surface area is 97.9 Å². The zero-order valence-electron chi connectivity index (χ0n) is 7.89. The molecule has 1 aromatic rings. The Morgan fingerprint density at radius 3 is 2.73 bits per heavy atom. The molecule has 0 aromatic heterocycles. The predicted molar refractivity (Wildman–Crippen MR) is 63.2 cm³/mol. The number of hydrogen-bond acceptors (Lipinski definition) is 2. The van der Waals surface area contributed by atoms with Crippen molar-refractivity contribution in [1.29, 1.82) is 0 Å². The molecule has 3 nitrogen and oxygen atoms in total. The van der Waals surface area contributed by atoms with Crippen LogP contribution in [-0.4, -0.2) is 12.5 Å². The van der Waals surface area contributed by atoms with Crippen LogP contribution in [0.4, 0.5) is 5.69 Å². The van der Waals surface area contributed by atoms with Crippen molar-refractivity contribution in [1.82, 2.24) is 5.32 Å². The zero-order chi connectivity index (χ0) is 11.4. The normalized spacial score (nSPS) is 9.73. The number of hydrogen-bond donors (Lipinski definition) is 2. The molecular formula is C10H10Cl2N2O. The summed E-state index contributed by atoms with van der Waals surface area (Å²) in [6, 6.07) is 4.69. The summed E-state index contributed by atoms with van der Waals surface area (Å²) in [5, 5.41) is 3.23. The first-order valence-electron chi connectivity index (χ1n) is 4.17. The highest BCUT2D eigenvalue weighted by atomic mass is 35.5. The number of nitrogens with two attached hydrogens (primary N) is 1. The summed E-state index contributed by atoms with van der Waals surface area (Å²) in [4.78, 5) is 11.5. The number of nitrogens with one attached hydrogen (secondary N) is 1. The number of nitrogen functional groups attached to an aromatic ring is 1.